The van der Waals surface area contributed by atoms with Crippen LogP contribution in [0, 0.1) is 0 Å². The van der Waals surface area contributed by atoms with Crippen molar-refractivity contribution in [3.05, 3.63) is 74.7 Å². The summed E-state index contributed by atoms with van der Waals surface area (Å²) >= 11 is 6.91. The molecule has 0 aliphatic heterocycles. The van der Waals surface area contributed by atoms with Gasteiger partial charge in [0.1, 0.15) is 12.4 Å². The van der Waals surface area contributed by atoms with Gasteiger partial charge in [-0.05, 0) is 72.0 Å². The molecule has 6 heteroatoms. The Kier molecular flexibility index (Phi) is 5.96. The van der Waals surface area contributed by atoms with E-state index >= 15 is 0 Å². The number of hydrogen-bond acceptors (Lipinski definition) is 3. The maximum Gasteiger partial charge on any atom is 0.332 e. The minimum atomic E-state index is -1.43. The van der Waals surface area contributed by atoms with Crippen LogP contribution in [0.15, 0.2) is 63.5 Å². The molecule has 4 nitrogen and oxygen atoms in total. The number of halogens is 2. The van der Waals surface area contributed by atoms with Gasteiger partial charge < -0.3 is 14.9 Å². The molecule has 0 aromatic heterocycles. The van der Waals surface area contributed by atoms with E-state index in [1.807, 2.05) is 18.2 Å². The van der Waals surface area contributed by atoms with E-state index in [9.17, 15) is 9.90 Å². The monoisotopic (exact) mass is 478 g/mol. The van der Waals surface area contributed by atoms with E-state index in [-0.39, 0.29) is 6.42 Å². The quantitative estimate of drug-likeness (QED) is 0.525. The molecule has 3 aromatic carbocycles. The number of rotatable bonds is 6. The first-order chi connectivity index (χ1) is 12.4. The van der Waals surface area contributed by atoms with E-state index < -0.39 is 12.1 Å². The fourth-order valence-electron chi connectivity index (χ4n) is 2.66. The van der Waals surface area contributed by atoms with Crippen LogP contribution in [-0.2, 0) is 17.8 Å². The average molecular weight is 480 g/mol. The summed E-state index contributed by atoms with van der Waals surface area (Å²) in [6.45, 7) is 0.402. The van der Waals surface area contributed by atoms with Crippen molar-refractivity contribution >= 4 is 48.6 Å². The molecular weight excluding hydrogens is 464 g/mol. The van der Waals surface area contributed by atoms with Gasteiger partial charge in [-0.3, -0.25) is 0 Å². The summed E-state index contributed by atoms with van der Waals surface area (Å²) < 4.78 is 7.33. The molecule has 0 heterocycles. The standard InChI is InChI=1S/C20H16Br2O4/c21-16-8-13(10-18(23)20(24)25)9-17(22)19(16)26-11-12-5-6-14-3-1-2-4-15(14)7-12/h1-9,18,23H,10-11H2,(H,24,25). The van der Waals surface area contributed by atoms with Gasteiger partial charge in [0.15, 0.2) is 6.10 Å². The molecule has 0 fully saturated rings. The Bertz CT molecular complexity index is 932. The highest BCUT2D eigenvalue weighted by Gasteiger charge is 2.16. The summed E-state index contributed by atoms with van der Waals surface area (Å²) in [5.74, 6) is -0.611. The number of carbonyl (C=O) groups is 1. The van der Waals surface area contributed by atoms with Gasteiger partial charge in [0.2, 0.25) is 0 Å². The van der Waals surface area contributed by atoms with Crippen LogP contribution in [0.1, 0.15) is 11.1 Å². The molecule has 0 aliphatic rings. The van der Waals surface area contributed by atoms with Gasteiger partial charge in [0.05, 0.1) is 8.95 Å². The molecule has 0 amide bonds. The first-order valence-corrected chi connectivity index (χ1v) is 9.52. The maximum absolute atomic E-state index is 10.8. The second-order valence-corrected chi connectivity index (χ2v) is 7.63. The molecule has 2 N–H and O–H groups in total. The summed E-state index contributed by atoms with van der Waals surface area (Å²) in [7, 11) is 0. The lowest BCUT2D eigenvalue weighted by atomic mass is 10.1. The van der Waals surface area contributed by atoms with Gasteiger partial charge in [-0.1, -0.05) is 36.4 Å². The van der Waals surface area contributed by atoms with Gasteiger partial charge in [0.25, 0.3) is 0 Å². The van der Waals surface area contributed by atoms with E-state index in [2.05, 4.69) is 56.1 Å². The van der Waals surface area contributed by atoms with Crippen molar-refractivity contribution in [3.8, 4) is 5.75 Å². The third-order valence-corrected chi connectivity index (χ3v) is 5.15. The third kappa shape index (κ3) is 4.44. The van der Waals surface area contributed by atoms with Crippen molar-refractivity contribution in [1.29, 1.82) is 0 Å². The fourth-order valence-corrected chi connectivity index (χ4v) is 4.17. The number of benzene rings is 3. The van der Waals surface area contributed by atoms with Gasteiger partial charge in [-0.2, -0.15) is 0 Å². The molecule has 3 rings (SSSR count). The van der Waals surface area contributed by atoms with Crippen LogP contribution < -0.4 is 4.74 Å². The Morgan fingerprint density at radius 2 is 1.62 bits per heavy atom. The number of aliphatic hydroxyl groups excluding tert-OH is 1. The summed E-state index contributed by atoms with van der Waals surface area (Å²) in [5.41, 5.74) is 1.74. The molecule has 0 bridgehead atoms. The lowest BCUT2D eigenvalue weighted by Crippen LogP contribution is -2.21. The van der Waals surface area contributed by atoms with E-state index in [0.29, 0.717) is 26.9 Å². The topological polar surface area (TPSA) is 66.8 Å². The predicted molar refractivity (Wildman–Crippen MR) is 107 cm³/mol. The lowest BCUT2D eigenvalue weighted by Gasteiger charge is -2.13. The highest BCUT2D eigenvalue weighted by molar-refractivity contribution is 9.11. The SMILES string of the molecule is O=C(O)C(O)Cc1cc(Br)c(OCc2ccc3ccccc3c2)c(Br)c1. The van der Waals surface area contributed by atoms with Crippen LogP contribution in [0.4, 0.5) is 0 Å². The summed E-state index contributed by atoms with van der Waals surface area (Å²) in [6.07, 6.45) is -1.41. The van der Waals surface area contributed by atoms with Crippen molar-refractivity contribution in [2.75, 3.05) is 0 Å². The molecule has 0 saturated heterocycles. The van der Waals surface area contributed by atoms with E-state index in [1.165, 1.54) is 5.39 Å². The average Bonchev–Trinajstić information content (AvgIpc) is 2.60. The Hall–Kier alpha value is -1.89. The largest absolute Gasteiger partial charge is 0.487 e. The maximum atomic E-state index is 10.8. The summed E-state index contributed by atoms with van der Waals surface area (Å²) in [6, 6.07) is 17.8. The number of hydrogen-bond donors (Lipinski definition) is 2. The Labute approximate surface area is 167 Å². The minimum absolute atomic E-state index is 0.0253. The molecule has 0 radical (unpaired) electrons. The van der Waals surface area contributed by atoms with Crippen molar-refractivity contribution in [2.24, 2.45) is 0 Å². The lowest BCUT2D eigenvalue weighted by molar-refractivity contribution is -0.146. The van der Waals surface area contributed by atoms with Gasteiger partial charge in [-0.15, -0.1) is 0 Å². The number of aliphatic hydroxyl groups is 1. The summed E-state index contributed by atoms with van der Waals surface area (Å²) in [5, 5.41) is 20.7. The summed E-state index contributed by atoms with van der Waals surface area (Å²) in [4.78, 5) is 10.8. The van der Waals surface area contributed by atoms with Crippen molar-refractivity contribution in [3.63, 3.8) is 0 Å². The van der Waals surface area contributed by atoms with Gasteiger partial charge >= 0.3 is 5.97 Å². The zero-order valence-electron chi connectivity index (χ0n) is 13.7. The molecule has 3 aromatic rings. The molecule has 0 spiro atoms. The first kappa shape index (κ1) is 18.9. The van der Waals surface area contributed by atoms with E-state index in [0.717, 1.165) is 10.9 Å². The third-order valence-electron chi connectivity index (χ3n) is 3.97. The first-order valence-electron chi connectivity index (χ1n) is 7.93. The molecule has 26 heavy (non-hydrogen) atoms. The number of carboxylic acids is 1. The normalized spacial score (nSPS) is 12.1. The van der Waals surface area contributed by atoms with E-state index in [1.54, 1.807) is 12.1 Å². The van der Waals surface area contributed by atoms with Crippen LogP contribution in [0.25, 0.3) is 10.8 Å². The Balaban J connectivity index is 1.75. The molecule has 0 saturated carbocycles. The highest BCUT2D eigenvalue weighted by Crippen LogP contribution is 2.35. The van der Waals surface area contributed by atoms with Crippen LogP contribution in [0.3, 0.4) is 0 Å². The number of aliphatic carboxylic acids is 1. The second kappa shape index (κ2) is 8.20. The van der Waals surface area contributed by atoms with Crippen molar-refractivity contribution in [2.45, 2.75) is 19.1 Å². The van der Waals surface area contributed by atoms with Crippen LogP contribution in [-0.4, -0.2) is 22.3 Å². The van der Waals surface area contributed by atoms with Crippen LogP contribution >= 0.6 is 31.9 Å². The van der Waals surface area contributed by atoms with Crippen LogP contribution in [0.5, 0.6) is 5.75 Å². The molecular formula is C20H16Br2O4. The van der Waals surface area contributed by atoms with E-state index in [4.69, 9.17) is 9.84 Å². The number of fused-ring (bicyclic) bond motifs is 1. The van der Waals surface area contributed by atoms with Gasteiger partial charge in [0, 0.05) is 6.42 Å². The fraction of sp³-hybridized carbons (Fsp3) is 0.150. The highest BCUT2D eigenvalue weighted by atomic mass is 79.9. The smallest absolute Gasteiger partial charge is 0.332 e. The molecule has 1 atom stereocenters. The number of carboxylic acid groups (broad SMARTS) is 1. The predicted octanol–water partition coefficient (Wildman–Crippen LogP) is 4.93. The Morgan fingerprint density at radius 3 is 2.27 bits per heavy atom. The number of ether oxygens (including phenoxy) is 1. The van der Waals surface area contributed by atoms with Crippen LogP contribution in [0.2, 0.25) is 0 Å². The second-order valence-electron chi connectivity index (χ2n) is 5.92. The zero-order chi connectivity index (χ0) is 18.7. The van der Waals surface area contributed by atoms with Crippen molar-refractivity contribution < 1.29 is 19.7 Å². The zero-order valence-corrected chi connectivity index (χ0v) is 16.8. The molecule has 0 aliphatic carbocycles. The Morgan fingerprint density at radius 1 is 0.962 bits per heavy atom. The minimum Gasteiger partial charge on any atom is -0.487 e. The van der Waals surface area contributed by atoms with Gasteiger partial charge in [-0.25, -0.2) is 4.79 Å². The molecule has 1 unspecified atom stereocenters. The van der Waals surface area contributed by atoms with Crippen molar-refractivity contribution in [1.82, 2.24) is 0 Å². The molecule has 134 valence electrons.